The molecule has 0 saturated carbocycles. The van der Waals surface area contributed by atoms with Gasteiger partial charge < -0.3 is 14.4 Å². The van der Waals surface area contributed by atoms with E-state index in [9.17, 15) is 14.4 Å². The van der Waals surface area contributed by atoms with Gasteiger partial charge in [0.05, 0.1) is 18.6 Å². The second-order valence-electron chi connectivity index (χ2n) is 5.82. The molecule has 1 atom stereocenters. The van der Waals surface area contributed by atoms with Crippen LogP contribution >= 0.6 is 11.6 Å². The van der Waals surface area contributed by atoms with Gasteiger partial charge in [-0.3, -0.25) is 9.59 Å². The Morgan fingerprint density at radius 1 is 1.08 bits per heavy atom. The first-order valence-electron chi connectivity index (χ1n) is 7.94. The van der Waals surface area contributed by atoms with E-state index in [1.165, 1.54) is 31.4 Å². The van der Waals surface area contributed by atoms with E-state index in [0.29, 0.717) is 22.0 Å². The Hall–Kier alpha value is -2.86. The van der Waals surface area contributed by atoms with Crippen molar-refractivity contribution in [2.75, 3.05) is 18.6 Å². The van der Waals surface area contributed by atoms with Crippen molar-refractivity contribution < 1.29 is 23.9 Å². The predicted octanol–water partition coefficient (Wildman–Crippen LogP) is 3.09. The number of rotatable bonds is 4. The van der Waals surface area contributed by atoms with E-state index in [4.69, 9.17) is 16.3 Å². The van der Waals surface area contributed by atoms with Crippen LogP contribution in [0.15, 0.2) is 48.5 Å². The van der Waals surface area contributed by atoms with Crippen LogP contribution in [0.5, 0.6) is 5.75 Å². The normalized spacial score (nSPS) is 16.5. The van der Waals surface area contributed by atoms with Gasteiger partial charge in [0.15, 0.2) is 0 Å². The van der Waals surface area contributed by atoms with Crippen molar-refractivity contribution in [3.05, 3.63) is 59.1 Å². The molecule has 7 heteroatoms. The van der Waals surface area contributed by atoms with Crippen LogP contribution < -0.4 is 9.64 Å². The minimum atomic E-state index is -0.557. The number of carbonyl (C=O) groups excluding carboxylic acids is 3. The summed E-state index contributed by atoms with van der Waals surface area (Å²) in [4.78, 5) is 37.5. The molecule has 0 N–H and O–H groups in total. The number of carbonyl (C=O) groups is 3. The minimum Gasteiger partial charge on any atom is -0.465 e. The lowest BCUT2D eigenvalue weighted by molar-refractivity contribution is -0.139. The van der Waals surface area contributed by atoms with E-state index in [-0.39, 0.29) is 18.9 Å². The van der Waals surface area contributed by atoms with Crippen LogP contribution in [-0.2, 0) is 14.3 Å². The summed E-state index contributed by atoms with van der Waals surface area (Å²) in [5.74, 6) is -1.35. The van der Waals surface area contributed by atoms with Crippen LogP contribution in [0.25, 0.3) is 0 Å². The predicted molar refractivity (Wildman–Crippen MR) is 95.3 cm³/mol. The monoisotopic (exact) mass is 373 g/mol. The molecule has 0 radical (unpaired) electrons. The van der Waals surface area contributed by atoms with Crippen LogP contribution in [-0.4, -0.2) is 31.5 Å². The SMILES string of the molecule is COC(=O)c1ccc(OC(=O)[C@@H]2CC(=O)N(c3ccc(Cl)cc3)C2)cc1. The molecule has 2 aromatic carbocycles. The van der Waals surface area contributed by atoms with E-state index in [0.717, 1.165) is 0 Å². The second-order valence-corrected chi connectivity index (χ2v) is 6.26. The number of benzene rings is 2. The van der Waals surface area contributed by atoms with Gasteiger partial charge in [-0.25, -0.2) is 4.79 Å². The van der Waals surface area contributed by atoms with Gasteiger partial charge in [0.2, 0.25) is 5.91 Å². The van der Waals surface area contributed by atoms with Crippen LogP contribution in [0.4, 0.5) is 5.69 Å². The van der Waals surface area contributed by atoms with Crippen LogP contribution in [0.2, 0.25) is 5.02 Å². The first kappa shape index (κ1) is 17.9. The molecule has 1 saturated heterocycles. The Bertz CT molecular complexity index is 832. The number of hydrogen-bond donors (Lipinski definition) is 0. The maximum absolute atomic E-state index is 12.4. The van der Waals surface area contributed by atoms with Crippen molar-refractivity contribution in [3.8, 4) is 5.75 Å². The first-order chi connectivity index (χ1) is 12.5. The highest BCUT2D eigenvalue weighted by molar-refractivity contribution is 6.30. The third-order valence-corrected chi connectivity index (χ3v) is 4.34. The van der Waals surface area contributed by atoms with Gasteiger partial charge in [0.25, 0.3) is 0 Å². The molecule has 1 heterocycles. The van der Waals surface area contributed by atoms with E-state index in [1.54, 1.807) is 29.2 Å². The van der Waals surface area contributed by atoms with Crippen molar-refractivity contribution in [2.24, 2.45) is 5.92 Å². The molecule has 1 amide bonds. The summed E-state index contributed by atoms with van der Waals surface area (Å²) in [5, 5.41) is 0.576. The van der Waals surface area contributed by atoms with Crippen molar-refractivity contribution in [1.29, 1.82) is 0 Å². The molecule has 1 fully saturated rings. The quantitative estimate of drug-likeness (QED) is 0.608. The van der Waals surface area contributed by atoms with Crippen molar-refractivity contribution in [2.45, 2.75) is 6.42 Å². The molecule has 0 unspecified atom stereocenters. The van der Waals surface area contributed by atoms with Crippen LogP contribution in [0.3, 0.4) is 0 Å². The Morgan fingerprint density at radius 2 is 1.73 bits per heavy atom. The van der Waals surface area contributed by atoms with E-state index in [1.807, 2.05) is 0 Å². The summed E-state index contributed by atoms with van der Waals surface area (Å²) in [6.45, 7) is 0.250. The molecule has 2 aromatic rings. The third kappa shape index (κ3) is 3.86. The largest absolute Gasteiger partial charge is 0.465 e. The highest BCUT2D eigenvalue weighted by Gasteiger charge is 2.36. The lowest BCUT2D eigenvalue weighted by atomic mass is 10.1. The smallest absolute Gasteiger partial charge is 0.337 e. The fourth-order valence-corrected chi connectivity index (χ4v) is 2.84. The maximum Gasteiger partial charge on any atom is 0.337 e. The van der Waals surface area contributed by atoms with E-state index in [2.05, 4.69) is 4.74 Å². The summed E-state index contributed by atoms with van der Waals surface area (Å²) < 4.78 is 9.94. The Morgan fingerprint density at radius 3 is 2.35 bits per heavy atom. The molecule has 3 rings (SSSR count). The molecule has 1 aliphatic rings. The minimum absolute atomic E-state index is 0.0850. The standard InChI is InChI=1S/C19H16ClNO5/c1-25-18(23)12-2-8-16(9-3-12)26-19(24)13-10-17(22)21(11-13)15-6-4-14(20)5-7-15/h2-9,13H,10-11H2,1H3/t13-/m1/s1. The zero-order valence-electron chi connectivity index (χ0n) is 14.0. The Kier molecular flexibility index (Phi) is 5.23. The fraction of sp³-hybridized carbons (Fsp3) is 0.211. The van der Waals surface area contributed by atoms with Crippen molar-refractivity contribution >= 4 is 35.1 Å². The zero-order chi connectivity index (χ0) is 18.7. The molecule has 0 bridgehead atoms. The van der Waals surface area contributed by atoms with Crippen molar-refractivity contribution in [1.82, 2.24) is 0 Å². The fourth-order valence-electron chi connectivity index (χ4n) is 2.71. The number of anilines is 1. The highest BCUT2D eigenvalue weighted by atomic mass is 35.5. The number of halogens is 1. The Balaban J connectivity index is 1.64. The highest BCUT2D eigenvalue weighted by Crippen LogP contribution is 2.27. The van der Waals surface area contributed by atoms with Gasteiger partial charge in [-0.1, -0.05) is 11.6 Å². The average molecular weight is 374 g/mol. The summed E-state index contributed by atoms with van der Waals surface area (Å²) in [6.07, 6.45) is 0.0850. The summed E-state index contributed by atoms with van der Waals surface area (Å²) >= 11 is 5.86. The molecular weight excluding hydrogens is 358 g/mol. The van der Waals surface area contributed by atoms with Gasteiger partial charge >= 0.3 is 11.9 Å². The molecule has 0 aliphatic carbocycles. The molecular formula is C19H16ClNO5. The van der Waals surface area contributed by atoms with Crippen molar-refractivity contribution in [3.63, 3.8) is 0 Å². The lowest BCUT2D eigenvalue weighted by Gasteiger charge is -2.16. The summed E-state index contributed by atoms with van der Waals surface area (Å²) in [6, 6.07) is 12.9. The van der Waals surface area contributed by atoms with Crippen LogP contribution in [0, 0.1) is 5.92 Å². The molecule has 134 valence electrons. The maximum atomic E-state index is 12.4. The summed E-state index contributed by atoms with van der Waals surface area (Å²) in [5.41, 5.74) is 1.05. The third-order valence-electron chi connectivity index (χ3n) is 4.09. The number of esters is 2. The Labute approximate surface area is 155 Å². The molecule has 1 aliphatic heterocycles. The number of hydrogen-bond acceptors (Lipinski definition) is 5. The van der Waals surface area contributed by atoms with Gasteiger partial charge in [0.1, 0.15) is 5.75 Å². The molecule has 26 heavy (non-hydrogen) atoms. The molecule has 0 spiro atoms. The average Bonchev–Trinajstić information content (AvgIpc) is 3.04. The number of ether oxygens (including phenoxy) is 2. The van der Waals surface area contributed by atoms with Gasteiger partial charge in [-0.15, -0.1) is 0 Å². The first-order valence-corrected chi connectivity index (χ1v) is 8.31. The van der Waals surface area contributed by atoms with Gasteiger partial charge in [0, 0.05) is 23.7 Å². The van der Waals surface area contributed by atoms with Gasteiger partial charge in [-0.2, -0.15) is 0 Å². The topological polar surface area (TPSA) is 72.9 Å². The lowest BCUT2D eigenvalue weighted by Crippen LogP contribution is -2.27. The summed E-state index contributed by atoms with van der Waals surface area (Å²) in [7, 11) is 1.29. The zero-order valence-corrected chi connectivity index (χ0v) is 14.7. The van der Waals surface area contributed by atoms with E-state index < -0.39 is 17.9 Å². The number of nitrogens with zero attached hydrogens (tertiary/aromatic N) is 1. The van der Waals surface area contributed by atoms with Crippen LogP contribution in [0.1, 0.15) is 16.8 Å². The van der Waals surface area contributed by atoms with Gasteiger partial charge in [-0.05, 0) is 48.5 Å². The van der Waals surface area contributed by atoms with E-state index >= 15 is 0 Å². The number of amides is 1. The number of methoxy groups -OCH3 is 1. The second kappa shape index (κ2) is 7.58. The molecule has 6 nitrogen and oxygen atoms in total. The molecule has 0 aromatic heterocycles.